The first-order valence-electron chi connectivity index (χ1n) is 6.60. The van der Waals surface area contributed by atoms with Gasteiger partial charge in [0.25, 0.3) is 0 Å². The Kier molecular flexibility index (Phi) is 4.92. The van der Waals surface area contributed by atoms with Gasteiger partial charge in [0.05, 0.1) is 11.7 Å². The molecule has 2 aromatic carbocycles. The highest BCUT2D eigenvalue weighted by molar-refractivity contribution is 5.36. The molecule has 2 rings (SSSR count). The lowest BCUT2D eigenvalue weighted by Gasteiger charge is -2.10. The molecule has 0 spiro atoms. The van der Waals surface area contributed by atoms with Crippen LogP contribution in [0.4, 0.5) is 13.2 Å². The van der Waals surface area contributed by atoms with Crippen LogP contribution in [-0.2, 0) is 6.18 Å². The van der Waals surface area contributed by atoms with Crippen molar-refractivity contribution in [3.63, 3.8) is 0 Å². The van der Waals surface area contributed by atoms with E-state index in [1.807, 2.05) is 0 Å². The molecule has 1 unspecified atom stereocenters. The number of benzene rings is 2. The first kappa shape index (κ1) is 16.2. The van der Waals surface area contributed by atoms with Crippen molar-refractivity contribution >= 4 is 0 Å². The van der Waals surface area contributed by atoms with E-state index >= 15 is 0 Å². The SMILES string of the molecule is CC(O)COc1ccc(Oc2ccc(C(F)(F)F)cc2)cc1. The third-order valence-corrected chi connectivity index (χ3v) is 2.73. The zero-order valence-electron chi connectivity index (χ0n) is 11.8. The van der Waals surface area contributed by atoms with Gasteiger partial charge in [0.1, 0.15) is 23.9 Å². The summed E-state index contributed by atoms with van der Waals surface area (Å²) in [6.45, 7) is 1.79. The van der Waals surface area contributed by atoms with Crippen molar-refractivity contribution < 1.29 is 27.8 Å². The predicted octanol–water partition coefficient (Wildman–Crippen LogP) is 4.26. The fourth-order valence-electron chi connectivity index (χ4n) is 1.67. The number of hydrogen-bond donors (Lipinski definition) is 1. The maximum atomic E-state index is 12.4. The van der Waals surface area contributed by atoms with Gasteiger partial charge in [-0.3, -0.25) is 0 Å². The summed E-state index contributed by atoms with van der Waals surface area (Å²) in [6.07, 6.45) is -4.93. The summed E-state index contributed by atoms with van der Waals surface area (Å²) in [5, 5.41) is 9.11. The van der Waals surface area contributed by atoms with E-state index in [9.17, 15) is 13.2 Å². The minimum atomic E-state index is -4.36. The molecule has 0 bridgehead atoms. The van der Waals surface area contributed by atoms with Gasteiger partial charge in [0.2, 0.25) is 0 Å². The maximum Gasteiger partial charge on any atom is 0.416 e. The van der Waals surface area contributed by atoms with E-state index in [0.29, 0.717) is 17.2 Å². The highest BCUT2D eigenvalue weighted by atomic mass is 19.4. The van der Waals surface area contributed by atoms with Crippen LogP contribution in [0.1, 0.15) is 12.5 Å². The molecule has 0 aliphatic rings. The van der Waals surface area contributed by atoms with Crippen LogP contribution in [0.25, 0.3) is 0 Å². The van der Waals surface area contributed by atoms with Gasteiger partial charge in [0, 0.05) is 0 Å². The number of hydrogen-bond acceptors (Lipinski definition) is 3. The lowest BCUT2D eigenvalue weighted by atomic mass is 10.2. The van der Waals surface area contributed by atoms with Gasteiger partial charge in [-0.1, -0.05) is 0 Å². The summed E-state index contributed by atoms with van der Waals surface area (Å²) in [5.41, 5.74) is -0.721. The molecule has 2 aromatic rings. The summed E-state index contributed by atoms with van der Waals surface area (Å²) < 4.78 is 48.1. The van der Waals surface area contributed by atoms with E-state index in [1.54, 1.807) is 31.2 Å². The average Bonchev–Trinajstić information content (AvgIpc) is 2.46. The highest BCUT2D eigenvalue weighted by Crippen LogP contribution is 2.31. The van der Waals surface area contributed by atoms with Crippen LogP contribution in [0, 0.1) is 0 Å². The number of halogens is 3. The van der Waals surface area contributed by atoms with Gasteiger partial charge in [-0.25, -0.2) is 0 Å². The number of ether oxygens (including phenoxy) is 2. The molecule has 0 aromatic heterocycles. The van der Waals surface area contributed by atoms with Crippen LogP contribution in [0.15, 0.2) is 48.5 Å². The van der Waals surface area contributed by atoms with Crippen molar-refractivity contribution in [3.05, 3.63) is 54.1 Å². The van der Waals surface area contributed by atoms with Crippen LogP contribution in [0.3, 0.4) is 0 Å². The van der Waals surface area contributed by atoms with Gasteiger partial charge in [-0.2, -0.15) is 13.2 Å². The summed E-state index contributed by atoms with van der Waals surface area (Å²) >= 11 is 0. The second kappa shape index (κ2) is 6.70. The van der Waals surface area contributed by atoms with Crippen LogP contribution >= 0.6 is 0 Å². The van der Waals surface area contributed by atoms with Gasteiger partial charge in [-0.15, -0.1) is 0 Å². The average molecular weight is 312 g/mol. The van der Waals surface area contributed by atoms with Gasteiger partial charge < -0.3 is 14.6 Å². The number of alkyl halides is 3. The lowest BCUT2D eigenvalue weighted by molar-refractivity contribution is -0.137. The van der Waals surface area contributed by atoms with Crippen molar-refractivity contribution in [3.8, 4) is 17.2 Å². The van der Waals surface area contributed by atoms with Crippen molar-refractivity contribution in [2.45, 2.75) is 19.2 Å². The smallest absolute Gasteiger partial charge is 0.416 e. The Balaban J connectivity index is 1.99. The minimum absolute atomic E-state index is 0.180. The van der Waals surface area contributed by atoms with Crippen LogP contribution in [0.5, 0.6) is 17.2 Å². The van der Waals surface area contributed by atoms with Crippen LogP contribution < -0.4 is 9.47 Å². The minimum Gasteiger partial charge on any atom is -0.491 e. The molecule has 0 aliphatic heterocycles. The summed E-state index contributed by atoms with van der Waals surface area (Å²) in [4.78, 5) is 0. The standard InChI is InChI=1S/C16H15F3O3/c1-11(20)10-21-13-6-8-15(9-7-13)22-14-4-2-12(3-5-14)16(17,18)19/h2-9,11,20H,10H2,1H3. The van der Waals surface area contributed by atoms with E-state index in [4.69, 9.17) is 14.6 Å². The number of aliphatic hydroxyl groups excluding tert-OH is 1. The lowest BCUT2D eigenvalue weighted by Crippen LogP contribution is -2.12. The Morgan fingerprint density at radius 2 is 1.36 bits per heavy atom. The van der Waals surface area contributed by atoms with E-state index < -0.39 is 17.8 Å². The summed E-state index contributed by atoms with van der Waals surface area (Å²) in [6, 6.07) is 11.0. The summed E-state index contributed by atoms with van der Waals surface area (Å²) in [7, 11) is 0. The molecule has 0 fully saturated rings. The van der Waals surface area contributed by atoms with Crippen molar-refractivity contribution in [2.75, 3.05) is 6.61 Å². The Labute approximate surface area is 125 Å². The monoisotopic (exact) mass is 312 g/mol. The molecule has 0 amide bonds. The first-order chi connectivity index (χ1) is 10.3. The van der Waals surface area contributed by atoms with E-state index in [0.717, 1.165) is 12.1 Å². The molecule has 22 heavy (non-hydrogen) atoms. The van der Waals surface area contributed by atoms with E-state index in [1.165, 1.54) is 12.1 Å². The zero-order valence-corrected chi connectivity index (χ0v) is 11.8. The molecule has 0 heterocycles. The fraction of sp³-hybridized carbons (Fsp3) is 0.250. The highest BCUT2D eigenvalue weighted by Gasteiger charge is 2.30. The summed E-state index contributed by atoms with van der Waals surface area (Å²) in [5.74, 6) is 1.36. The Hall–Kier alpha value is -2.21. The van der Waals surface area contributed by atoms with Crippen LogP contribution in [-0.4, -0.2) is 17.8 Å². The van der Waals surface area contributed by atoms with Gasteiger partial charge in [0.15, 0.2) is 0 Å². The third-order valence-electron chi connectivity index (χ3n) is 2.73. The Bertz CT molecular complexity index is 590. The Morgan fingerprint density at radius 1 is 0.909 bits per heavy atom. The van der Waals surface area contributed by atoms with Crippen molar-refractivity contribution in [2.24, 2.45) is 0 Å². The van der Waals surface area contributed by atoms with Gasteiger partial charge >= 0.3 is 6.18 Å². The molecule has 0 radical (unpaired) electrons. The molecule has 0 saturated heterocycles. The molecule has 0 aliphatic carbocycles. The molecule has 0 saturated carbocycles. The zero-order chi connectivity index (χ0) is 16.2. The first-order valence-corrected chi connectivity index (χ1v) is 6.60. The van der Waals surface area contributed by atoms with E-state index in [2.05, 4.69) is 0 Å². The molecule has 1 N–H and O–H groups in total. The number of rotatable bonds is 5. The molecule has 3 nitrogen and oxygen atoms in total. The predicted molar refractivity (Wildman–Crippen MR) is 75.1 cm³/mol. The van der Waals surface area contributed by atoms with Crippen molar-refractivity contribution in [1.29, 1.82) is 0 Å². The maximum absolute atomic E-state index is 12.4. The van der Waals surface area contributed by atoms with Crippen molar-refractivity contribution in [1.82, 2.24) is 0 Å². The second-order valence-corrected chi connectivity index (χ2v) is 4.76. The molecule has 118 valence electrons. The molecular weight excluding hydrogens is 297 g/mol. The van der Waals surface area contributed by atoms with Crippen LogP contribution in [0.2, 0.25) is 0 Å². The largest absolute Gasteiger partial charge is 0.491 e. The second-order valence-electron chi connectivity index (χ2n) is 4.76. The quantitative estimate of drug-likeness (QED) is 0.896. The molecule has 1 atom stereocenters. The number of aliphatic hydroxyl groups is 1. The molecular formula is C16H15F3O3. The Morgan fingerprint density at radius 3 is 1.82 bits per heavy atom. The molecule has 6 heteroatoms. The topological polar surface area (TPSA) is 38.7 Å². The normalized spacial score (nSPS) is 12.8. The third kappa shape index (κ3) is 4.66. The fourth-order valence-corrected chi connectivity index (χ4v) is 1.67. The van der Waals surface area contributed by atoms with E-state index in [-0.39, 0.29) is 6.61 Å². The van der Waals surface area contributed by atoms with Gasteiger partial charge in [-0.05, 0) is 55.5 Å².